The highest BCUT2D eigenvalue weighted by atomic mass is 16.5. The molecule has 0 heterocycles. The molecular formula is C16H22N2O4. The van der Waals surface area contributed by atoms with Crippen molar-refractivity contribution in [3.8, 4) is 0 Å². The Bertz CT molecular complexity index is 538. The Balaban J connectivity index is 2.72. The molecule has 1 aromatic carbocycles. The lowest BCUT2D eigenvalue weighted by Gasteiger charge is -2.19. The number of carbonyl (C=O) groups is 3. The van der Waals surface area contributed by atoms with Gasteiger partial charge in [0, 0.05) is 19.0 Å². The molecule has 0 bridgehead atoms. The highest BCUT2D eigenvalue weighted by Gasteiger charge is 2.25. The summed E-state index contributed by atoms with van der Waals surface area (Å²) in [6, 6.07) is 6.14. The SMILES string of the molecule is COC(=O)C(NC(=O)c1ccc(CNC(C)=O)cc1)C(C)C. The predicted octanol–water partition coefficient (Wildman–Crippen LogP) is 1.25. The fraction of sp³-hybridized carbons (Fsp3) is 0.438. The van der Waals surface area contributed by atoms with Gasteiger partial charge in [-0.25, -0.2) is 4.79 Å². The van der Waals surface area contributed by atoms with Crippen LogP contribution in [0.3, 0.4) is 0 Å². The van der Waals surface area contributed by atoms with E-state index in [4.69, 9.17) is 4.74 Å². The van der Waals surface area contributed by atoms with E-state index in [9.17, 15) is 14.4 Å². The molecule has 1 unspecified atom stereocenters. The Morgan fingerprint density at radius 2 is 1.73 bits per heavy atom. The first-order chi connectivity index (χ1) is 10.3. The van der Waals surface area contributed by atoms with Gasteiger partial charge >= 0.3 is 5.97 Å². The summed E-state index contributed by atoms with van der Waals surface area (Å²) in [5.74, 6) is -0.990. The summed E-state index contributed by atoms with van der Waals surface area (Å²) in [5.41, 5.74) is 1.33. The van der Waals surface area contributed by atoms with Gasteiger partial charge in [0.25, 0.3) is 5.91 Å². The lowest BCUT2D eigenvalue weighted by atomic mass is 10.0. The zero-order valence-electron chi connectivity index (χ0n) is 13.3. The number of rotatable bonds is 6. The topological polar surface area (TPSA) is 84.5 Å². The number of carbonyl (C=O) groups excluding carboxylic acids is 3. The largest absolute Gasteiger partial charge is 0.467 e. The number of nitrogens with one attached hydrogen (secondary N) is 2. The molecule has 6 nitrogen and oxygen atoms in total. The zero-order chi connectivity index (χ0) is 16.7. The van der Waals surface area contributed by atoms with E-state index in [0.717, 1.165) is 5.56 Å². The molecule has 0 aliphatic carbocycles. The molecule has 1 aromatic rings. The standard InChI is InChI=1S/C16H22N2O4/c1-10(2)14(16(21)22-4)18-15(20)13-7-5-12(6-8-13)9-17-11(3)19/h5-8,10,14H,9H2,1-4H3,(H,17,19)(H,18,20). The number of methoxy groups -OCH3 is 1. The van der Waals surface area contributed by atoms with Gasteiger partial charge in [-0.1, -0.05) is 26.0 Å². The minimum absolute atomic E-state index is 0.0737. The molecule has 0 aromatic heterocycles. The van der Waals surface area contributed by atoms with Gasteiger partial charge in [0.2, 0.25) is 5.91 Å². The second-order valence-corrected chi connectivity index (χ2v) is 5.32. The summed E-state index contributed by atoms with van der Waals surface area (Å²) < 4.78 is 4.69. The van der Waals surface area contributed by atoms with Crippen molar-refractivity contribution in [3.63, 3.8) is 0 Å². The molecule has 120 valence electrons. The van der Waals surface area contributed by atoms with Crippen LogP contribution in [0.15, 0.2) is 24.3 Å². The van der Waals surface area contributed by atoms with Crippen molar-refractivity contribution in [1.82, 2.24) is 10.6 Å². The fourth-order valence-electron chi connectivity index (χ4n) is 1.85. The number of hydrogen-bond donors (Lipinski definition) is 2. The average molecular weight is 306 g/mol. The van der Waals surface area contributed by atoms with Crippen LogP contribution in [0.25, 0.3) is 0 Å². The fourth-order valence-corrected chi connectivity index (χ4v) is 1.85. The lowest BCUT2D eigenvalue weighted by molar-refractivity contribution is -0.144. The highest BCUT2D eigenvalue weighted by Crippen LogP contribution is 2.08. The molecule has 0 radical (unpaired) electrons. The summed E-state index contributed by atoms with van der Waals surface area (Å²) in [6.45, 7) is 5.52. The monoisotopic (exact) mass is 306 g/mol. The molecule has 1 rings (SSSR count). The van der Waals surface area contributed by atoms with Crippen LogP contribution < -0.4 is 10.6 Å². The maximum atomic E-state index is 12.2. The maximum Gasteiger partial charge on any atom is 0.328 e. The van der Waals surface area contributed by atoms with E-state index >= 15 is 0 Å². The summed E-state index contributed by atoms with van der Waals surface area (Å²) in [5, 5.41) is 5.35. The van der Waals surface area contributed by atoms with Gasteiger partial charge < -0.3 is 15.4 Å². The third kappa shape index (κ3) is 5.20. The van der Waals surface area contributed by atoms with E-state index < -0.39 is 12.0 Å². The first kappa shape index (κ1) is 17.7. The smallest absolute Gasteiger partial charge is 0.328 e. The van der Waals surface area contributed by atoms with Gasteiger partial charge in [-0.2, -0.15) is 0 Å². The van der Waals surface area contributed by atoms with Crippen molar-refractivity contribution in [3.05, 3.63) is 35.4 Å². The Morgan fingerprint density at radius 3 is 2.18 bits per heavy atom. The van der Waals surface area contributed by atoms with Gasteiger partial charge in [0.05, 0.1) is 7.11 Å². The van der Waals surface area contributed by atoms with Crippen LogP contribution in [0.5, 0.6) is 0 Å². The maximum absolute atomic E-state index is 12.2. The van der Waals surface area contributed by atoms with Crippen LogP contribution in [0.2, 0.25) is 0 Å². The van der Waals surface area contributed by atoms with E-state index in [-0.39, 0.29) is 17.7 Å². The second kappa shape index (κ2) is 8.17. The molecule has 1 atom stereocenters. The van der Waals surface area contributed by atoms with Gasteiger partial charge in [0.15, 0.2) is 0 Å². The molecule has 0 fully saturated rings. The average Bonchev–Trinajstić information content (AvgIpc) is 2.49. The van der Waals surface area contributed by atoms with Crippen molar-refractivity contribution < 1.29 is 19.1 Å². The minimum atomic E-state index is -0.684. The van der Waals surface area contributed by atoms with Crippen LogP contribution in [0.4, 0.5) is 0 Å². The van der Waals surface area contributed by atoms with Gasteiger partial charge in [-0.15, -0.1) is 0 Å². The number of hydrogen-bond acceptors (Lipinski definition) is 4. The Labute approximate surface area is 130 Å². The highest BCUT2D eigenvalue weighted by molar-refractivity contribution is 5.96. The summed E-state index contributed by atoms with van der Waals surface area (Å²) >= 11 is 0. The molecule has 0 saturated heterocycles. The van der Waals surface area contributed by atoms with Crippen molar-refractivity contribution >= 4 is 17.8 Å². The summed E-state index contributed by atoms with van der Waals surface area (Å²) in [4.78, 5) is 34.7. The van der Waals surface area contributed by atoms with Gasteiger partial charge in [0.1, 0.15) is 6.04 Å². The van der Waals surface area contributed by atoms with E-state index in [1.54, 1.807) is 24.3 Å². The van der Waals surface area contributed by atoms with Gasteiger partial charge in [-0.3, -0.25) is 9.59 Å². The van der Waals surface area contributed by atoms with Crippen molar-refractivity contribution in [1.29, 1.82) is 0 Å². The van der Waals surface area contributed by atoms with Crippen LogP contribution in [-0.2, 0) is 20.9 Å². The second-order valence-electron chi connectivity index (χ2n) is 5.32. The molecule has 6 heteroatoms. The summed E-state index contributed by atoms with van der Waals surface area (Å²) in [6.07, 6.45) is 0. The van der Waals surface area contributed by atoms with Crippen LogP contribution in [-0.4, -0.2) is 30.9 Å². The van der Waals surface area contributed by atoms with Gasteiger partial charge in [-0.05, 0) is 23.6 Å². The van der Waals surface area contributed by atoms with E-state index in [2.05, 4.69) is 10.6 Å². The first-order valence-corrected chi connectivity index (χ1v) is 7.07. The van der Waals surface area contributed by atoms with E-state index in [1.807, 2.05) is 13.8 Å². The molecular weight excluding hydrogens is 284 g/mol. The quantitative estimate of drug-likeness (QED) is 0.775. The molecule has 0 saturated carbocycles. The molecule has 0 aliphatic heterocycles. The molecule has 22 heavy (non-hydrogen) atoms. The number of amides is 2. The zero-order valence-corrected chi connectivity index (χ0v) is 13.3. The molecule has 2 amide bonds. The van der Waals surface area contributed by atoms with E-state index in [0.29, 0.717) is 12.1 Å². The Kier molecular flexibility index (Phi) is 6.56. The number of ether oxygens (including phenoxy) is 1. The number of esters is 1. The minimum Gasteiger partial charge on any atom is -0.467 e. The Morgan fingerprint density at radius 1 is 1.14 bits per heavy atom. The summed E-state index contributed by atoms with van der Waals surface area (Å²) in [7, 11) is 1.29. The van der Waals surface area contributed by atoms with Crippen molar-refractivity contribution in [2.24, 2.45) is 5.92 Å². The van der Waals surface area contributed by atoms with Crippen LogP contribution in [0, 0.1) is 5.92 Å². The molecule has 0 aliphatic rings. The molecule has 0 spiro atoms. The third-order valence-electron chi connectivity index (χ3n) is 3.17. The normalized spacial score (nSPS) is 11.7. The van der Waals surface area contributed by atoms with Crippen LogP contribution in [0.1, 0.15) is 36.7 Å². The van der Waals surface area contributed by atoms with Crippen molar-refractivity contribution in [2.75, 3.05) is 7.11 Å². The molecule has 2 N–H and O–H groups in total. The van der Waals surface area contributed by atoms with Crippen molar-refractivity contribution in [2.45, 2.75) is 33.4 Å². The number of benzene rings is 1. The van der Waals surface area contributed by atoms with Crippen LogP contribution >= 0.6 is 0 Å². The third-order valence-corrected chi connectivity index (χ3v) is 3.17. The lowest BCUT2D eigenvalue weighted by Crippen LogP contribution is -2.45. The Hall–Kier alpha value is -2.37. The first-order valence-electron chi connectivity index (χ1n) is 7.07. The van der Waals surface area contributed by atoms with E-state index in [1.165, 1.54) is 14.0 Å². The predicted molar refractivity (Wildman–Crippen MR) is 82.1 cm³/mol.